The van der Waals surface area contributed by atoms with Crippen LogP contribution >= 0.6 is 0 Å². The molecule has 0 aromatic rings. The van der Waals surface area contributed by atoms with E-state index in [2.05, 4.69) is 18.7 Å². The summed E-state index contributed by atoms with van der Waals surface area (Å²) in [4.78, 5) is 2.90. The Hall–Kier alpha value is -0.0400. The molecule has 0 aromatic carbocycles. The molecule has 1 saturated carbocycles. The van der Waals surface area contributed by atoms with Crippen LogP contribution in [0.1, 0.15) is 58.8 Å². The van der Waals surface area contributed by atoms with Gasteiger partial charge in [0.05, 0.1) is 0 Å². The van der Waals surface area contributed by atoms with E-state index in [0.717, 1.165) is 23.4 Å². The van der Waals surface area contributed by atoms with E-state index in [1.165, 1.54) is 51.5 Å². The lowest BCUT2D eigenvalue weighted by molar-refractivity contribution is 0.0957. The lowest BCUT2D eigenvalue weighted by Crippen LogP contribution is -2.44. The molecule has 2 saturated heterocycles. The minimum absolute atomic E-state index is 0.734. The Kier molecular flexibility index (Phi) is 2.35. The van der Waals surface area contributed by atoms with E-state index in [1.807, 2.05) is 0 Å². The van der Waals surface area contributed by atoms with Crippen LogP contribution in [0.25, 0.3) is 0 Å². The fourth-order valence-electron chi connectivity index (χ4n) is 3.92. The number of piperidine rings is 1. The summed E-state index contributed by atoms with van der Waals surface area (Å²) in [6.45, 7) is 6.29. The minimum Gasteiger partial charge on any atom is -0.297 e. The van der Waals surface area contributed by atoms with Crippen molar-refractivity contribution in [3.63, 3.8) is 0 Å². The van der Waals surface area contributed by atoms with E-state index in [4.69, 9.17) is 0 Å². The van der Waals surface area contributed by atoms with Crippen molar-refractivity contribution in [1.82, 2.24) is 4.90 Å². The Bertz CT molecular complexity index is 226. The van der Waals surface area contributed by atoms with Gasteiger partial charge in [-0.25, -0.2) is 0 Å². The van der Waals surface area contributed by atoms with E-state index >= 15 is 0 Å². The molecule has 2 heterocycles. The average molecular weight is 207 g/mol. The van der Waals surface area contributed by atoms with Gasteiger partial charge in [0.15, 0.2) is 0 Å². The van der Waals surface area contributed by atoms with Gasteiger partial charge in [-0.3, -0.25) is 4.90 Å². The lowest BCUT2D eigenvalue weighted by atomic mass is 9.90. The summed E-state index contributed by atoms with van der Waals surface area (Å²) in [6, 6.07) is 1.94. The molecule has 3 rings (SSSR count). The summed E-state index contributed by atoms with van der Waals surface area (Å²) in [7, 11) is 0. The molecule has 86 valence electrons. The maximum absolute atomic E-state index is 2.90. The van der Waals surface area contributed by atoms with Crippen LogP contribution in [0.4, 0.5) is 0 Å². The van der Waals surface area contributed by atoms with Crippen LogP contribution in [0.15, 0.2) is 0 Å². The molecule has 2 unspecified atom stereocenters. The highest BCUT2D eigenvalue weighted by molar-refractivity contribution is 5.02. The first kappa shape index (κ1) is 10.1. The second kappa shape index (κ2) is 3.48. The molecule has 0 aromatic heterocycles. The van der Waals surface area contributed by atoms with Gasteiger partial charge < -0.3 is 0 Å². The standard InChI is InChI=1S/C14H25N/c1-11(2)14(8-9-14)10-15-12-4-3-5-13(15)7-6-12/h11-13H,3-10H2,1-2H3. The molecule has 2 bridgehead atoms. The lowest BCUT2D eigenvalue weighted by Gasteiger charge is -2.38. The van der Waals surface area contributed by atoms with Crippen LogP contribution in [-0.4, -0.2) is 23.5 Å². The number of rotatable bonds is 3. The highest BCUT2D eigenvalue weighted by Crippen LogP contribution is 2.54. The van der Waals surface area contributed by atoms with Gasteiger partial charge in [0.1, 0.15) is 0 Å². The van der Waals surface area contributed by atoms with Gasteiger partial charge >= 0.3 is 0 Å². The molecular formula is C14H25N. The highest BCUT2D eigenvalue weighted by Gasteiger charge is 2.49. The van der Waals surface area contributed by atoms with Crippen molar-refractivity contribution < 1.29 is 0 Å². The third-order valence-electron chi connectivity index (χ3n) is 5.46. The molecule has 15 heavy (non-hydrogen) atoms. The van der Waals surface area contributed by atoms with Crippen LogP contribution in [0.2, 0.25) is 0 Å². The summed E-state index contributed by atoms with van der Waals surface area (Å²) >= 11 is 0. The molecule has 2 atom stereocenters. The molecule has 1 aliphatic carbocycles. The summed E-state index contributed by atoms with van der Waals surface area (Å²) in [6.07, 6.45) is 10.5. The second-order valence-electron chi connectivity index (χ2n) is 6.51. The third kappa shape index (κ3) is 1.63. The van der Waals surface area contributed by atoms with Crippen LogP contribution in [0.3, 0.4) is 0 Å². The number of hydrogen-bond acceptors (Lipinski definition) is 1. The quantitative estimate of drug-likeness (QED) is 0.685. The topological polar surface area (TPSA) is 3.24 Å². The van der Waals surface area contributed by atoms with Gasteiger partial charge in [0.25, 0.3) is 0 Å². The summed E-state index contributed by atoms with van der Waals surface area (Å²) in [5, 5.41) is 0. The van der Waals surface area contributed by atoms with Crippen LogP contribution in [0.5, 0.6) is 0 Å². The number of nitrogens with zero attached hydrogens (tertiary/aromatic N) is 1. The van der Waals surface area contributed by atoms with Gasteiger partial charge in [0, 0.05) is 18.6 Å². The van der Waals surface area contributed by atoms with Crippen molar-refractivity contribution in [3.05, 3.63) is 0 Å². The molecule has 0 spiro atoms. The summed E-state index contributed by atoms with van der Waals surface area (Å²) in [5.41, 5.74) is 0.734. The Morgan fingerprint density at radius 3 is 2.13 bits per heavy atom. The largest absolute Gasteiger partial charge is 0.297 e. The van der Waals surface area contributed by atoms with Crippen LogP contribution in [0, 0.1) is 11.3 Å². The number of fused-ring (bicyclic) bond motifs is 2. The zero-order chi connectivity index (χ0) is 10.5. The third-order valence-corrected chi connectivity index (χ3v) is 5.46. The first-order valence-electron chi connectivity index (χ1n) is 6.97. The molecule has 0 N–H and O–H groups in total. The van der Waals surface area contributed by atoms with Crippen molar-refractivity contribution >= 4 is 0 Å². The van der Waals surface area contributed by atoms with E-state index < -0.39 is 0 Å². The van der Waals surface area contributed by atoms with Crippen molar-refractivity contribution in [2.75, 3.05) is 6.54 Å². The number of hydrogen-bond donors (Lipinski definition) is 0. The second-order valence-corrected chi connectivity index (χ2v) is 6.51. The molecule has 3 fully saturated rings. The Balaban J connectivity index is 1.68. The SMILES string of the molecule is CC(C)C1(CN2C3CCCC2CC3)CC1. The van der Waals surface area contributed by atoms with E-state index in [0.29, 0.717) is 0 Å². The molecule has 1 heteroatoms. The van der Waals surface area contributed by atoms with Crippen molar-refractivity contribution in [2.45, 2.75) is 70.9 Å². The fourth-order valence-corrected chi connectivity index (χ4v) is 3.92. The Morgan fingerprint density at radius 2 is 1.67 bits per heavy atom. The average Bonchev–Trinajstić information content (AvgIpc) is 2.92. The van der Waals surface area contributed by atoms with E-state index in [-0.39, 0.29) is 0 Å². The van der Waals surface area contributed by atoms with Crippen molar-refractivity contribution in [2.24, 2.45) is 11.3 Å². The van der Waals surface area contributed by atoms with Gasteiger partial charge in [-0.2, -0.15) is 0 Å². The van der Waals surface area contributed by atoms with E-state index in [9.17, 15) is 0 Å². The van der Waals surface area contributed by atoms with Crippen molar-refractivity contribution in [3.8, 4) is 0 Å². The minimum atomic E-state index is 0.734. The Labute approximate surface area is 94.2 Å². The monoisotopic (exact) mass is 207 g/mol. The zero-order valence-electron chi connectivity index (χ0n) is 10.3. The van der Waals surface area contributed by atoms with Gasteiger partial charge in [0.2, 0.25) is 0 Å². The molecule has 0 radical (unpaired) electrons. The molecular weight excluding hydrogens is 182 g/mol. The smallest absolute Gasteiger partial charge is 0.00990 e. The fraction of sp³-hybridized carbons (Fsp3) is 1.00. The van der Waals surface area contributed by atoms with E-state index in [1.54, 1.807) is 0 Å². The predicted molar refractivity (Wildman–Crippen MR) is 63.9 cm³/mol. The molecule has 0 amide bonds. The van der Waals surface area contributed by atoms with Gasteiger partial charge in [-0.15, -0.1) is 0 Å². The maximum Gasteiger partial charge on any atom is 0.00990 e. The van der Waals surface area contributed by atoms with Crippen molar-refractivity contribution in [1.29, 1.82) is 0 Å². The Morgan fingerprint density at radius 1 is 1.07 bits per heavy atom. The first-order chi connectivity index (χ1) is 7.21. The van der Waals surface area contributed by atoms with Gasteiger partial charge in [-0.1, -0.05) is 20.3 Å². The molecule has 1 nitrogen and oxygen atoms in total. The predicted octanol–water partition coefficient (Wildman–Crippen LogP) is 3.44. The summed E-state index contributed by atoms with van der Waals surface area (Å²) < 4.78 is 0. The molecule has 3 aliphatic rings. The zero-order valence-corrected chi connectivity index (χ0v) is 10.3. The van der Waals surface area contributed by atoms with Gasteiger partial charge in [-0.05, 0) is 49.9 Å². The highest BCUT2D eigenvalue weighted by atomic mass is 15.2. The maximum atomic E-state index is 2.90. The summed E-state index contributed by atoms with van der Waals surface area (Å²) in [5.74, 6) is 0.902. The van der Waals surface area contributed by atoms with Crippen LogP contribution < -0.4 is 0 Å². The van der Waals surface area contributed by atoms with Crippen LogP contribution in [-0.2, 0) is 0 Å². The molecule has 2 aliphatic heterocycles. The first-order valence-corrected chi connectivity index (χ1v) is 6.97. The normalized spacial score (nSPS) is 38.6.